The largest absolute Gasteiger partial charge is 0.326 e. The molecule has 1 aromatic heterocycles. The van der Waals surface area contributed by atoms with E-state index in [4.69, 9.17) is 5.73 Å². The second-order valence-electron chi connectivity index (χ2n) is 5.00. The zero-order valence-electron chi connectivity index (χ0n) is 10.9. The highest BCUT2D eigenvalue weighted by Gasteiger charge is 2.36. The van der Waals surface area contributed by atoms with Crippen LogP contribution < -0.4 is 5.73 Å². The first kappa shape index (κ1) is 13.1. The van der Waals surface area contributed by atoms with E-state index in [0.29, 0.717) is 6.04 Å². The lowest BCUT2D eigenvalue weighted by molar-refractivity contribution is 0.162. The van der Waals surface area contributed by atoms with Crippen molar-refractivity contribution in [3.63, 3.8) is 0 Å². The lowest BCUT2D eigenvalue weighted by atomic mass is 10.0. The van der Waals surface area contributed by atoms with Crippen LogP contribution in [0.3, 0.4) is 0 Å². The van der Waals surface area contributed by atoms with E-state index in [9.17, 15) is 0 Å². The lowest BCUT2D eigenvalue weighted by Gasteiger charge is -2.34. The van der Waals surface area contributed by atoms with Crippen molar-refractivity contribution in [2.24, 2.45) is 5.73 Å². The van der Waals surface area contributed by atoms with Crippen LogP contribution >= 0.6 is 11.3 Å². The average Bonchev–Trinajstić information content (AvgIpc) is 3.05. The molecule has 0 saturated heterocycles. The van der Waals surface area contributed by atoms with Gasteiger partial charge >= 0.3 is 0 Å². The molecular formula is C14H24N2S. The molecule has 1 aliphatic carbocycles. The first-order chi connectivity index (χ1) is 8.27. The van der Waals surface area contributed by atoms with Gasteiger partial charge in [-0.15, -0.1) is 11.3 Å². The topological polar surface area (TPSA) is 29.3 Å². The van der Waals surface area contributed by atoms with Crippen molar-refractivity contribution in [1.82, 2.24) is 4.90 Å². The van der Waals surface area contributed by atoms with Gasteiger partial charge in [-0.25, -0.2) is 0 Å². The van der Waals surface area contributed by atoms with Crippen molar-refractivity contribution in [3.05, 3.63) is 22.4 Å². The van der Waals surface area contributed by atoms with Crippen molar-refractivity contribution in [2.75, 3.05) is 6.54 Å². The first-order valence-electron chi connectivity index (χ1n) is 6.82. The van der Waals surface area contributed by atoms with Crippen molar-refractivity contribution in [3.8, 4) is 0 Å². The molecule has 1 aliphatic rings. The quantitative estimate of drug-likeness (QED) is 0.806. The lowest BCUT2D eigenvalue weighted by Crippen LogP contribution is -2.42. The predicted molar refractivity (Wildman–Crippen MR) is 75.3 cm³/mol. The summed E-state index contributed by atoms with van der Waals surface area (Å²) in [4.78, 5) is 4.10. The molecule has 1 heterocycles. The molecule has 0 spiro atoms. The zero-order chi connectivity index (χ0) is 12.3. The fourth-order valence-corrected chi connectivity index (χ4v) is 3.44. The standard InChI is InChI=1S/C14H24N2S/c1-3-9-16(11-7-8-11)14(12(15)4-2)13-6-5-10-17-13/h5-6,10-12,14H,3-4,7-9,15H2,1-2H3. The molecule has 1 fully saturated rings. The summed E-state index contributed by atoms with van der Waals surface area (Å²) >= 11 is 1.85. The Morgan fingerprint density at radius 2 is 2.24 bits per heavy atom. The third kappa shape index (κ3) is 3.09. The Kier molecular flexibility index (Phi) is 4.60. The van der Waals surface area contributed by atoms with Gasteiger partial charge in [0, 0.05) is 17.0 Å². The number of hydrogen-bond acceptors (Lipinski definition) is 3. The number of thiophene rings is 1. The number of rotatable bonds is 7. The molecule has 1 aromatic rings. The minimum Gasteiger partial charge on any atom is -0.326 e. The van der Waals surface area contributed by atoms with Crippen LogP contribution in [0, 0.1) is 0 Å². The van der Waals surface area contributed by atoms with Crippen LogP contribution in [-0.2, 0) is 0 Å². The Hall–Kier alpha value is -0.380. The van der Waals surface area contributed by atoms with E-state index in [1.54, 1.807) is 0 Å². The molecule has 3 heteroatoms. The molecule has 2 rings (SSSR count). The smallest absolute Gasteiger partial charge is 0.0595 e. The number of hydrogen-bond donors (Lipinski definition) is 1. The van der Waals surface area contributed by atoms with E-state index in [0.717, 1.165) is 12.5 Å². The fourth-order valence-electron chi connectivity index (χ4n) is 2.52. The summed E-state index contributed by atoms with van der Waals surface area (Å²) in [6.07, 6.45) is 4.99. The van der Waals surface area contributed by atoms with Crippen molar-refractivity contribution >= 4 is 11.3 Å². The van der Waals surface area contributed by atoms with E-state index in [1.807, 2.05) is 11.3 Å². The summed E-state index contributed by atoms with van der Waals surface area (Å²) < 4.78 is 0. The molecule has 2 atom stereocenters. The van der Waals surface area contributed by atoms with E-state index in [1.165, 1.54) is 30.7 Å². The highest BCUT2D eigenvalue weighted by atomic mass is 32.1. The summed E-state index contributed by atoms with van der Waals surface area (Å²) in [6.45, 7) is 5.64. The van der Waals surface area contributed by atoms with Gasteiger partial charge in [-0.2, -0.15) is 0 Å². The average molecular weight is 252 g/mol. The van der Waals surface area contributed by atoms with E-state index < -0.39 is 0 Å². The highest BCUT2D eigenvalue weighted by Crippen LogP contribution is 2.37. The molecule has 2 N–H and O–H groups in total. The molecule has 0 aromatic carbocycles. The zero-order valence-corrected chi connectivity index (χ0v) is 11.7. The maximum Gasteiger partial charge on any atom is 0.0595 e. The summed E-state index contributed by atoms with van der Waals surface area (Å²) in [5.41, 5.74) is 6.37. The molecule has 1 saturated carbocycles. The van der Waals surface area contributed by atoms with Crippen LogP contribution in [0.1, 0.15) is 50.4 Å². The minimum atomic E-state index is 0.265. The highest BCUT2D eigenvalue weighted by molar-refractivity contribution is 7.10. The third-order valence-electron chi connectivity index (χ3n) is 3.57. The summed E-state index contributed by atoms with van der Waals surface area (Å²) in [5.74, 6) is 0. The second-order valence-corrected chi connectivity index (χ2v) is 5.98. The SMILES string of the molecule is CCCN(C1CC1)C(c1cccs1)C(N)CC. The van der Waals surface area contributed by atoms with Gasteiger partial charge in [-0.05, 0) is 43.7 Å². The summed E-state index contributed by atoms with van der Waals surface area (Å²) in [5, 5.41) is 2.17. The molecule has 17 heavy (non-hydrogen) atoms. The Morgan fingerprint density at radius 1 is 1.47 bits per heavy atom. The molecule has 0 aliphatic heterocycles. The third-order valence-corrected chi connectivity index (χ3v) is 4.51. The van der Waals surface area contributed by atoms with Gasteiger partial charge in [0.25, 0.3) is 0 Å². The molecule has 96 valence electrons. The van der Waals surface area contributed by atoms with Crippen LogP contribution in [0.4, 0.5) is 0 Å². The molecule has 0 bridgehead atoms. The first-order valence-corrected chi connectivity index (χ1v) is 7.70. The van der Waals surface area contributed by atoms with Gasteiger partial charge in [0.05, 0.1) is 6.04 Å². The molecular weight excluding hydrogens is 228 g/mol. The Balaban J connectivity index is 2.18. The fraction of sp³-hybridized carbons (Fsp3) is 0.714. The van der Waals surface area contributed by atoms with Crippen molar-refractivity contribution in [1.29, 1.82) is 0 Å². The van der Waals surface area contributed by atoms with Gasteiger partial charge in [0.2, 0.25) is 0 Å². The predicted octanol–water partition coefficient (Wildman–Crippen LogP) is 3.40. The Bertz CT molecular complexity index is 319. The normalized spacial score (nSPS) is 19.5. The van der Waals surface area contributed by atoms with Gasteiger partial charge in [-0.3, -0.25) is 4.90 Å². The number of nitrogens with zero attached hydrogens (tertiary/aromatic N) is 1. The van der Waals surface area contributed by atoms with Crippen LogP contribution in [0.15, 0.2) is 17.5 Å². The summed E-state index contributed by atoms with van der Waals surface area (Å²) in [7, 11) is 0. The van der Waals surface area contributed by atoms with Gasteiger partial charge in [0.15, 0.2) is 0 Å². The maximum absolute atomic E-state index is 6.37. The van der Waals surface area contributed by atoms with Crippen molar-refractivity contribution < 1.29 is 0 Å². The molecule has 0 amide bonds. The minimum absolute atomic E-state index is 0.265. The van der Waals surface area contributed by atoms with E-state index in [-0.39, 0.29) is 6.04 Å². The second kappa shape index (κ2) is 5.98. The molecule has 0 radical (unpaired) electrons. The Labute approximate surface area is 109 Å². The van der Waals surface area contributed by atoms with E-state index >= 15 is 0 Å². The van der Waals surface area contributed by atoms with Gasteiger partial charge in [-0.1, -0.05) is 19.9 Å². The van der Waals surface area contributed by atoms with Crippen LogP contribution in [0.25, 0.3) is 0 Å². The summed E-state index contributed by atoms with van der Waals surface area (Å²) in [6, 6.07) is 5.88. The van der Waals surface area contributed by atoms with E-state index in [2.05, 4.69) is 36.3 Å². The van der Waals surface area contributed by atoms with Gasteiger partial charge < -0.3 is 5.73 Å². The van der Waals surface area contributed by atoms with Crippen molar-refractivity contribution in [2.45, 2.75) is 57.7 Å². The maximum atomic E-state index is 6.37. The Morgan fingerprint density at radius 3 is 2.71 bits per heavy atom. The van der Waals surface area contributed by atoms with Gasteiger partial charge in [0.1, 0.15) is 0 Å². The van der Waals surface area contributed by atoms with Crippen LogP contribution in [-0.4, -0.2) is 23.5 Å². The van der Waals surface area contributed by atoms with Crippen LogP contribution in [0.5, 0.6) is 0 Å². The van der Waals surface area contributed by atoms with Crippen LogP contribution in [0.2, 0.25) is 0 Å². The molecule has 2 unspecified atom stereocenters. The monoisotopic (exact) mass is 252 g/mol. The molecule has 2 nitrogen and oxygen atoms in total. The number of nitrogens with two attached hydrogens (primary N) is 1.